The number of rotatable bonds is 2. The Morgan fingerprint density at radius 1 is 1.26 bits per heavy atom. The molecule has 0 spiro atoms. The fraction of sp³-hybridized carbons (Fsp3) is 0.188. The summed E-state index contributed by atoms with van der Waals surface area (Å²) in [4.78, 5) is 12.5. The molecule has 3 rings (SSSR count). The summed E-state index contributed by atoms with van der Waals surface area (Å²) in [5, 5.41) is 3.91. The summed E-state index contributed by atoms with van der Waals surface area (Å²) in [7, 11) is 0. The van der Waals surface area contributed by atoms with Crippen LogP contribution >= 0.6 is 11.6 Å². The predicted molar refractivity (Wildman–Crippen MR) is 78.1 cm³/mol. The highest BCUT2D eigenvalue weighted by atomic mass is 35.5. The van der Waals surface area contributed by atoms with E-state index in [9.17, 15) is 4.79 Å². The van der Waals surface area contributed by atoms with Gasteiger partial charge in [-0.3, -0.25) is 4.79 Å². The van der Waals surface area contributed by atoms with Gasteiger partial charge in [-0.25, -0.2) is 0 Å². The van der Waals surface area contributed by atoms with Crippen LogP contribution in [0.3, 0.4) is 0 Å². The molecule has 2 aromatic carbocycles. The minimum Gasteiger partial charge on any atom is -0.374 e. The first kappa shape index (κ1) is 12.2. The van der Waals surface area contributed by atoms with Crippen molar-refractivity contribution >= 4 is 23.1 Å². The molecule has 1 aliphatic rings. The van der Waals surface area contributed by atoms with Crippen LogP contribution in [0.4, 0.5) is 5.69 Å². The summed E-state index contributed by atoms with van der Waals surface area (Å²) in [5.74, 6) is 0.0955. The lowest BCUT2D eigenvalue weighted by Crippen LogP contribution is -2.27. The second-order valence-corrected chi connectivity index (χ2v) is 5.29. The van der Waals surface area contributed by atoms with Crippen molar-refractivity contribution in [2.24, 2.45) is 0 Å². The Morgan fingerprint density at radius 3 is 2.79 bits per heavy atom. The van der Waals surface area contributed by atoms with Crippen LogP contribution in [0.1, 0.15) is 21.5 Å². The molecule has 19 heavy (non-hydrogen) atoms. The molecule has 0 amide bonds. The molecule has 0 radical (unpaired) electrons. The maximum Gasteiger partial charge on any atom is 0.185 e. The Balaban J connectivity index is 1.85. The third-order valence-corrected chi connectivity index (χ3v) is 3.95. The van der Waals surface area contributed by atoms with E-state index in [1.807, 2.05) is 37.3 Å². The Bertz CT molecular complexity index is 626. The van der Waals surface area contributed by atoms with Gasteiger partial charge in [-0.05, 0) is 30.2 Å². The van der Waals surface area contributed by atoms with E-state index in [1.165, 1.54) is 5.56 Å². The highest BCUT2D eigenvalue weighted by molar-refractivity contribution is 6.31. The minimum atomic E-state index is -0.184. The number of carbonyl (C=O) groups is 1. The first-order valence-corrected chi connectivity index (χ1v) is 6.68. The summed E-state index contributed by atoms with van der Waals surface area (Å²) in [6.07, 6.45) is 0.737. The van der Waals surface area contributed by atoms with Gasteiger partial charge in [-0.2, -0.15) is 0 Å². The van der Waals surface area contributed by atoms with Crippen LogP contribution in [0.5, 0.6) is 0 Å². The van der Waals surface area contributed by atoms with E-state index in [0.29, 0.717) is 10.6 Å². The number of anilines is 1. The number of nitrogens with one attached hydrogen (secondary N) is 1. The van der Waals surface area contributed by atoms with Crippen LogP contribution in [-0.2, 0) is 6.42 Å². The third kappa shape index (κ3) is 2.24. The smallest absolute Gasteiger partial charge is 0.185 e. The number of carbonyl (C=O) groups excluding carboxylic acids is 1. The molecule has 0 bridgehead atoms. The van der Waals surface area contributed by atoms with E-state index in [1.54, 1.807) is 6.07 Å². The molecule has 96 valence electrons. The average molecular weight is 272 g/mol. The normalized spacial score (nSPS) is 16.8. The Labute approximate surface area is 117 Å². The van der Waals surface area contributed by atoms with Crippen molar-refractivity contribution in [3.63, 3.8) is 0 Å². The van der Waals surface area contributed by atoms with Gasteiger partial charge < -0.3 is 5.32 Å². The number of para-hydroxylation sites is 1. The molecular formula is C16H14ClNO. The highest BCUT2D eigenvalue weighted by Gasteiger charge is 2.27. The Kier molecular flexibility index (Phi) is 3.03. The number of halogens is 1. The molecule has 1 heterocycles. The van der Waals surface area contributed by atoms with E-state index >= 15 is 0 Å². The fourth-order valence-electron chi connectivity index (χ4n) is 2.40. The second kappa shape index (κ2) is 4.71. The van der Waals surface area contributed by atoms with Crippen LogP contribution in [0.2, 0.25) is 5.02 Å². The quantitative estimate of drug-likeness (QED) is 0.840. The topological polar surface area (TPSA) is 29.1 Å². The first-order chi connectivity index (χ1) is 9.15. The summed E-state index contributed by atoms with van der Waals surface area (Å²) < 4.78 is 0. The average Bonchev–Trinajstić information content (AvgIpc) is 2.85. The fourth-order valence-corrected chi connectivity index (χ4v) is 2.58. The van der Waals surface area contributed by atoms with Crippen molar-refractivity contribution in [1.82, 2.24) is 0 Å². The van der Waals surface area contributed by atoms with Crippen LogP contribution < -0.4 is 5.32 Å². The number of Topliss-reactive ketones (excluding diaryl/α,β-unsaturated/α-hetero) is 1. The van der Waals surface area contributed by atoms with Gasteiger partial charge in [0.15, 0.2) is 5.78 Å². The van der Waals surface area contributed by atoms with Gasteiger partial charge in [0.25, 0.3) is 0 Å². The second-order valence-electron chi connectivity index (χ2n) is 4.89. The highest BCUT2D eigenvalue weighted by Crippen LogP contribution is 2.27. The SMILES string of the molecule is Cc1ccc(C(=O)C2Cc3ccccc3N2)cc1Cl. The molecule has 1 aliphatic heterocycles. The standard InChI is InChI=1S/C16H14ClNO/c1-10-6-7-12(8-13(10)17)16(19)15-9-11-4-2-3-5-14(11)18-15/h2-8,15,18H,9H2,1H3. The largest absolute Gasteiger partial charge is 0.374 e. The number of ketones is 1. The van der Waals surface area contributed by atoms with Crippen molar-refractivity contribution in [2.75, 3.05) is 5.32 Å². The number of fused-ring (bicyclic) bond motifs is 1. The van der Waals surface area contributed by atoms with Crippen LogP contribution in [0.15, 0.2) is 42.5 Å². The molecule has 3 heteroatoms. The summed E-state index contributed by atoms with van der Waals surface area (Å²) in [6.45, 7) is 1.93. The maximum absolute atomic E-state index is 12.5. The van der Waals surface area contributed by atoms with E-state index in [2.05, 4.69) is 11.4 Å². The molecule has 2 nitrogen and oxygen atoms in total. The summed E-state index contributed by atoms with van der Waals surface area (Å²) >= 11 is 6.08. The third-order valence-electron chi connectivity index (χ3n) is 3.54. The zero-order chi connectivity index (χ0) is 13.4. The predicted octanol–water partition coefficient (Wildman–Crippen LogP) is 3.87. The number of benzene rings is 2. The number of hydrogen-bond acceptors (Lipinski definition) is 2. The van der Waals surface area contributed by atoms with Crippen molar-refractivity contribution in [3.8, 4) is 0 Å². The number of hydrogen-bond donors (Lipinski definition) is 1. The van der Waals surface area contributed by atoms with Crippen molar-refractivity contribution in [2.45, 2.75) is 19.4 Å². The van der Waals surface area contributed by atoms with Crippen molar-refractivity contribution < 1.29 is 4.79 Å². The van der Waals surface area contributed by atoms with Crippen LogP contribution in [0.25, 0.3) is 0 Å². The lowest BCUT2D eigenvalue weighted by Gasteiger charge is -2.11. The lowest BCUT2D eigenvalue weighted by atomic mass is 10.0. The van der Waals surface area contributed by atoms with Gasteiger partial charge >= 0.3 is 0 Å². The summed E-state index contributed by atoms with van der Waals surface area (Å²) in [5.41, 5.74) is 3.90. The molecular weight excluding hydrogens is 258 g/mol. The molecule has 0 saturated heterocycles. The lowest BCUT2D eigenvalue weighted by molar-refractivity contribution is 0.0971. The summed E-state index contributed by atoms with van der Waals surface area (Å²) in [6, 6.07) is 13.3. The molecule has 0 aliphatic carbocycles. The van der Waals surface area contributed by atoms with Gasteiger partial charge in [-0.15, -0.1) is 0 Å². The molecule has 1 unspecified atom stereocenters. The van der Waals surface area contributed by atoms with Crippen molar-refractivity contribution in [1.29, 1.82) is 0 Å². The minimum absolute atomic E-state index is 0.0955. The zero-order valence-electron chi connectivity index (χ0n) is 10.6. The van der Waals surface area contributed by atoms with Crippen LogP contribution in [0, 0.1) is 6.92 Å². The van der Waals surface area contributed by atoms with Gasteiger partial charge in [0.1, 0.15) is 0 Å². The first-order valence-electron chi connectivity index (χ1n) is 6.30. The monoisotopic (exact) mass is 271 g/mol. The van der Waals surface area contributed by atoms with Crippen molar-refractivity contribution in [3.05, 3.63) is 64.2 Å². The zero-order valence-corrected chi connectivity index (χ0v) is 11.4. The molecule has 2 aromatic rings. The molecule has 1 N–H and O–H groups in total. The van der Waals surface area contributed by atoms with Gasteiger partial charge in [0.2, 0.25) is 0 Å². The maximum atomic E-state index is 12.5. The molecule has 0 fully saturated rings. The van der Waals surface area contributed by atoms with E-state index in [0.717, 1.165) is 17.7 Å². The van der Waals surface area contributed by atoms with E-state index in [-0.39, 0.29) is 11.8 Å². The molecule has 1 atom stereocenters. The van der Waals surface area contributed by atoms with Crippen LogP contribution in [-0.4, -0.2) is 11.8 Å². The van der Waals surface area contributed by atoms with E-state index < -0.39 is 0 Å². The van der Waals surface area contributed by atoms with E-state index in [4.69, 9.17) is 11.6 Å². The van der Waals surface area contributed by atoms with Gasteiger partial charge in [0.05, 0.1) is 6.04 Å². The molecule has 0 saturated carbocycles. The number of aryl methyl sites for hydroxylation is 1. The molecule has 0 aromatic heterocycles. The van der Waals surface area contributed by atoms with Gasteiger partial charge in [0, 0.05) is 22.7 Å². The van der Waals surface area contributed by atoms with Gasteiger partial charge in [-0.1, -0.05) is 41.9 Å². The Hall–Kier alpha value is -1.80. The Morgan fingerprint density at radius 2 is 2.05 bits per heavy atom.